The smallest absolute Gasteiger partial charge is 0.312 e. The van der Waals surface area contributed by atoms with Gasteiger partial charge in [0.05, 0.1) is 19.1 Å². The van der Waals surface area contributed by atoms with Crippen molar-refractivity contribution in [2.24, 2.45) is 5.41 Å². The Morgan fingerprint density at radius 3 is 2.10 bits per heavy atom. The molecule has 1 aromatic carbocycles. The minimum Gasteiger partial charge on any atom is -0.497 e. The lowest BCUT2D eigenvalue weighted by molar-refractivity contribution is -0.162. The maximum absolute atomic E-state index is 12.3. The van der Waals surface area contributed by atoms with Crippen LogP contribution in [-0.2, 0) is 14.9 Å². The summed E-state index contributed by atoms with van der Waals surface area (Å²) in [5.41, 5.74) is 1.48. The van der Waals surface area contributed by atoms with Crippen LogP contribution >= 0.6 is 0 Å². The van der Waals surface area contributed by atoms with Crippen molar-refractivity contribution in [2.75, 3.05) is 13.7 Å². The minimum absolute atomic E-state index is 0.0352. The Balaban J connectivity index is 1.77. The number of hydrogen-bond donors (Lipinski definition) is 0. The molecule has 0 spiro atoms. The van der Waals surface area contributed by atoms with E-state index in [0.717, 1.165) is 44.3 Å². The number of esters is 1. The summed E-state index contributed by atoms with van der Waals surface area (Å²) < 4.78 is 10.6. The van der Waals surface area contributed by atoms with Gasteiger partial charge in [0, 0.05) is 0 Å². The SMILES string of the molecule is CCOC(=O)C12CCC(c3ccc(OC)cc3)(CC1)CC2. The van der Waals surface area contributed by atoms with Gasteiger partial charge in [0.2, 0.25) is 0 Å². The van der Waals surface area contributed by atoms with Crippen LogP contribution in [0.15, 0.2) is 24.3 Å². The lowest BCUT2D eigenvalue weighted by Crippen LogP contribution is -2.48. The third-order valence-electron chi connectivity index (χ3n) is 5.66. The molecule has 0 amide bonds. The zero-order valence-electron chi connectivity index (χ0n) is 13.0. The van der Waals surface area contributed by atoms with Gasteiger partial charge in [-0.25, -0.2) is 0 Å². The number of ether oxygens (including phenoxy) is 2. The lowest BCUT2D eigenvalue weighted by Gasteiger charge is -2.52. The average Bonchev–Trinajstić information content (AvgIpc) is 2.57. The molecule has 2 bridgehead atoms. The van der Waals surface area contributed by atoms with Crippen molar-refractivity contribution in [1.82, 2.24) is 0 Å². The van der Waals surface area contributed by atoms with Gasteiger partial charge in [0.1, 0.15) is 5.75 Å². The molecular weight excluding hydrogens is 264 g/mol. The molecule has 4 rings (SSSR count). The van der Waals surface area contributed by atoms with Crippen molar-refractivity contribution in [2.45, 2.75) is 50.9 Å². The summed E-state index contributed by atoms with van der Waals surface area (Å²) in [5.74, 6) is 0.940. The second kappa shape index (κ2) is 5.36. The Kier molecular flexibility index (Phi) is 3.68. The molecule has 1 aromatic rings. The maximum atomic E-state index is 12.3. The van der Waals surface area contributed by atoms with Gasteiger partial charge in [0.15, 0.2) is 0 Å². The summed E-state index contributed by atoms with van der Waals surface area (Å²) in [6, 6.07) is 8.49. The van der Waals surface area contributed by atoms with E-state index in [4.69, 9.17) is 9.47 Å². The molecule has 3 aliphatic carbocycles. The number of carbonyl (C=O) groups is 1. The van der Waals surface area contributed by atoms with Gasteiger partial charge in [-0.2, -0.15) is 0 Å². The molecule has 0 radical (unpaired) electrons. The van der Waals surface area contributed by atoms with E-state index in [1.54, 1.807) is 7.11 Å². The van der Waals surface area contributed by atoms with Crippen molar-refractivity contribution < 1.29 is 14.3 Å². The second-order valence-electron chi connectivity index (χ2n) is 6.51. The number of carbonyl (C=O) groups excluding carboxylic acids is 1. The fraction of sp³-hybridized carbons (Fsp3) is 0.611. The molecule has 3 nitrogen and oxygen atoms in total. The highest BCUT2D eigenvalue weighted by Crippen LogP contribution is 2.58. The maximum Gasteiger partial charge on any atom is 0.312 e. The zero-order chi connectivity index (χ0) is 14.9. The van der Waals surface area contributed by atoms with Gasteiger partial charge in [0.25, 0.3) is 0 Å². The van der Waals surface area contributed by atoms with Gasteiger partial charge in [-0.05, 0) is 68.6 Å². The first-order valence-electron chi connectivity index (χ1n) is 7.96. The van der Waals surface area contributed by atoms with Gasteiger partial charge < -0.3 is 9.47 Å². The first-order valence-corrected chi connectivity index (χ1v) is 7.96. The average molecular weight is 288 g/mol. The molecule has 114 valence electrons. The van der Waals surface area contributed by atoms with Crippen LogP contribution in [0.2, 0.25) is 0 Å². The Morgan fingerprint density at radius 2 is 1.62 bits per heavy atom. The van der Waals surface area contributed by atoms with Crippen LogP contribution in [0, 0.1) is 5.41 Å². The van der Waals surface area contributed by atoms with E-state index < -0.39 is 0 Å². The highest BCUT2D eigenvalue weighted by Gasteiger charge is 2.53. The van der Waals surface area contributed by atoms with Gasteiger partial charge in [-0.1, -0.05) is 12.1 Å². The highest BCUT2D eigenvalue weighted by molar-refractivity contribution is 5.77. The molecule has 0 unspecified atom stereocenters. The third-order valence-corrected chi connectivity index (χ3v) is 5.66. The van der Waals surface area contributed by atoms with Crippen LogP contribution in [0.1, 0.15) is 51.0 Å². The van der Waals surface area contributed by atoms with Gasteiger partial charge >= 0.3 is 5.97 Å². The molecule has 0 aliphatic heterocycles. The molecule has 0 N–H and O–H groups in total. The molecular formula is C18H24O3. The molecule has 3 heteroatoms. The number of benzene rings is 1. The van der Waals surface area contributed by atoms with Crippen molar-refractivity contribution >= 4 is 5.97 Å². The standard InChI is InChI=1S/C18H24O3/c1-3-21-16(19)18-11-8-17(9-12-18,10-13-18)14-4-6-15(20-2)7-5-14/h4-7H,3,8-13H2,1-2H3. The van der Waals surface area contributed by atoms with Crippen molar-refractivity contribution in [3.8, 4) is 5.75 Å². The number of hydrogen-bond acceptors (Lipinski definition) is 3. The molecule has 0 heterocycles. The summed E-state index contributed by atoms with van der Waals surface area (Å²) in [5, 5.41) is 0. The molecule has 3 aliphatic rings. The summed E-state index contributed by atoms with van der Waals surface area (Å²) in [6.07, 6.45) is 6.20. The van der Waals surface area contributed by atoms with Crippen LogP contribution in [0.25, 0.3) is 0 Å². The third kappa shape index (κ3) is 2.33. The van der Waals surface area contributed by atoms with E-state index in [9.17, 15) is 4.79 Å². The van der Waals surface area contributed by atoms with E-state index in [0.29, 0.717) is 6.61 Å². The summed E-state index contributed by atoms with van der Waals surface area (Å²) in [6.45, 7) is 2.38. The number of rotatable bonds is 4. The summed E-state index contributed by atoms with van der Waals surface area (Å²) in [7, 11) is 1.70. The zero-order valence-corrected chi connectivity index (χ0v) is 13.0. The first-order chi connectivity index (χ1) is 10.1. The second-order valence-corrected chi connectivity index (χ2v) is 6.51. The molecule has 3 saturated carbocycles. The molecule has 21 heavy (non-hydrogen) atoms. The van der Waals surface area contributed by atoms with Crippen LogP contribution < -0.4 is 4.74 Å². The molecule has 0 aromatic heterocycles. The quantitative estimate of drug-likeness (QED) is 0.789. The molecule has 3 fully saturated rings. The summed E-state index contributed by atoms with van der Waals surface area (Å²) >= 11 is 0. The summed E-state index contributed by atoms with van der Waals surface area (Å²) in [4.78, 5) is 12.3. The monoisotopic (exact) mass is 288 g/mol. The fourth-order valence-corrected chi connectivity index (χ4v) is 4.15. The van der Waals surface area contributed by atoms with E-state index in [2.05, 4.69) is 12.1 Å². The lowest BCUT2D eigenvalue weighted by atomic mass is 9.52. The van der Waals surface area contributed by atoms with Crippen LogP contribution in [-0.4, -0.2) is 19.7 Å². The van der Waals surface area contributed by atoms with Crippen LogP contribution in [0.3, 0.4) is 0 Å². The van der Waals surface area contributed by atoms with Crippen molar-refractivity contribution in [3.05, 3.63) is 29.8 Å². The highest BCUT2D eigenvalue weighted by atomic mass is 16.5. The van der Waals surface area contributed by atoms with E-state index >= 15 is 0 Å². The Bertz CT molecular complexity index is 493. The van der Waals surface area contributed by atoms with E-state index in [-0.39, 0.29) is 16.8 Å². The normalized spacial score (nSPS) is 31.0. The van der Waals surface area contributed by atoms with Crippen LogP contribution in [0.4, 0.5) is 0 Å². The van der Waals surface area contributed by atoms with Crippen molar-refractivity contribution in [3.63, 3.8) is 0 Å². The first kappa shape index (κ1) is 14.4. The Morgan fingerprint density at radius 1 is 1.05 bits per heavy atom. The topological polar surface area (TPSA) is 35.5 Å². The van der Waals surface area contributed by atoms with Gasteiger partial charge in [-0.15, -0.1) is 0 Å². The minimum atomic E-state index is -0.190. The fourth-order valence-electron chi connectivity index (χ4n) is 4.15. The number of fused-ring (bicyclic) bond motifs is 3. The Hall–Kier alpha value is -1.51. The largest absolute Gasteiger partial charge is 0.497 e. The van der Waals surface area contributed by atoms with Gasteiger partial charge in [-0.3, -0.25) is 4.79 Å². The molecule has 0 saturated heterocycles. The molecule has 0 atom stereocenters. The van der Waals surface area contributed by atoms with Crippen LogP contribution in [0.5, 0.6) is 5.75 Å². The van der Waals surface area contributed by atoms with Crippen molar-refractivity contribution in [1.29, 1.82) is 0 Å². The number of methoxy groups -OCH3 is 1. The van der Waals surface area contributed by atoms with E-state index in [1.165, 1.54) is 5.56 Å². The predicted molar refractivity (Wildman–Crippen MR) is 81.4 cm³/mol. The predicted octanol–water partition coefficient (Wildman–Crippen LogP) is 3.85. The van der Waals surface area contributed by atoms with E-state index in [1.807, 2.05) is 19.1 Å². The Labute approximate surface area is 126 Å².